The van der Waals surface area contributed by atoms with Gasteiger partial charge in [0.25, 0.3) is 5.91 Å². The monoisotopic (exact) mass is 418 g/mol. The summed E-state index contributed by atoms with van der Waals surface area (Å²) in [5, 5.41) is 4.98. The van der Waals surface area contributed by atoms with E-state index in [1.807, 2.05) is 31.2 Å². The zero-order valence-corrected chi connectivity index (χ0v) is 17.2. The molecule has 2 aromatic carbocycles. The molecule has 2 atom stereocenters. The van der Waals surface area contributed by atoms with Gasteiger partial charge in [0.2, 0.25) is 0 Å². The number of ether oxygens (including phenoxy) is 1. The van der Waals surface area contributed by atoms with Crippen LogP contribution in [0.5, 0.6) is 5.75 Å². The van der Waals surface area contributed by atoms with Crippen molar-refractivity contribution in [3.05, 3.63) is 70.7 Å². The van der Waals surface area contributed by atoms with E-state index in [-0.39, 0.29) is 11.9 Å². The third-order valence-electron chi connectivity index (χ3n) is 4.53. The fourth-order valence-electron chi connectivity index (χ4n) is 2.76. The largest absolute Gasteiger partial charge is 0.479 e. The Labute approximate surface area is 173 Å². The molecule has 0 saturated heterocycles. The lowest BCUT2D eigenvalue weighted by Gasteiger charge is -2.28. The van der Waals surface area contributed by atoms with Crippen LogP contribution in [0.2, 0.25) is 10.0 Å². The summed E-state index contributed by atoms with van der Waals surface area (Å²) in [6, 6.07) is 12.6. The van der Waals surface area contributed by atoms with Gasteiger partial charge in [-0.1, -0.05) is 35.3 Å². The van der Waals surface area contributed by atoms with Gasteiger partial charge in [-0.05, 0) is 49.7 Å². The first kappa shape index (κ1) is 20.2. The van der Waals surface area contributed by atoms with Crippen LogP contribution in [0.1, 0.15) is 25.5 Å². The first-order valence-electron chi connectivity index (χ1n) is 8.70. The third kappa shape index (κ3) is 4.46. The van der Waals surface area contributed by atoms with Gasteiger partial charge in [-0.15, -0.1) is 0 Å². The Balaban J connectivity index is 1.67. The SMILES string of the molecule is C[C@H](Oc1ccc(Cl)cc1Cl)C(=O)N(C)[C@H](C)c1ccc(-n2cncn2)cc1. The number of hydrogen-bond donors (Lipinski definition) is 0. The number of rotatable bonds is 6. The quantitative estimate of drug-likeness (QED) is 0.588. The second-order valence-corrected chi connectivity index (χ2v) is 7.24. The standard InChI is InChI=1S/C20H20Cl2N4O2/c1-13(15-4-7-17(8-5-15)26-12-23-11-24-26)25(3)20(27)14(2)28-19-9-6-16(21)10-18(19)22/h4-14H,1-3H3/t13-,14+/m1/s1. The number of nitrogens with zero attached hydrogens (tertiary/aromatic N) is 4. The summed E-state index contributed by atoms with van der Waals surface area (Å²) in [5.41, 5.74) is 1.90. The van der Waals surface area contributed by atoms with Crippen LogP contribution in [0.15, 0.2) is 55.1 Å². The van der Waals surface area contributed by atoms with Gasteiger partial charge in [0.1, 0.15) is 18.4 Å². The molecule has 1 heterocycles. The van der Waals surface area contributed by atoms with E-state index < -0.39 is 6.10 Å². The van der Waals surface area contributed by atoms with Gasteiger partial charge >= 0.3 is 0 Å². The maximum atomic E-state index is 12.8. The molecule has 28 heavy (non-hydrogen) atoms. The summed E-state index contributed by atoms with van der Waals surface area (Å²) in [7, 11) is 1.75. The molecule has 146 valence electrons. The molecular weight excluding hydrogens is 399 g/mol. The van der Waals surface area contributed by atoms with Gasteiger partial charge < -0.3 is 9.64 Å². The molecule has 0 fully saturated rings. The van der Waals surface area contributed by atoms with Crippen LogP contribution >= 0.6 is 23.2 Å². The Kier molecular flexibility index (Phi) is 6.21. The lowest BCUT2D eigenvalue weighted by Crippen LogP contribution is -2.39. The smallest absolute Gasteiger partial charge is 0.263 e. The molecule has 0 aliphatic heterocycles. The van der Waals surface area contributed by atoms with Crippen LogP contribution in [-0.2, 0) is 4.79 Å². The molecule has 0 aliphatic rings. The van der Waals surface area contributed by atoms with Crippen molar-refractivity contribution in [3.8, 4) is 11.4 Å². The summed E-state index contributed by atoms with van der Waals surface area (Å²) in [5.74, 6) is 0.268. The minimum absolute atomic E-state index is 0.135. The molecule has 1 amide bonds. The maximum Gasteiger partial charge on any atom is 0.263 e. The molecule has 3 rings (SSSR count). The normalized spacial score (nSPS) is 13.0. The highest BCUT2D eigenvalue weighted by molar-refractivity contribution is 6.35. The second-order valence-electron chi connectivity index (χ2n) is 6.39. The molecule has 3 aromatic rings. The van der Waals surface area contributed by atoms with Gasteiger partial charge in [0, 0.05) is 12.1 Å². The number of aromatic nitrogens is 3. The van der Waals surface area contributed by atoms with Crippen molar-refractivity contribution >= 4 is 29.1 Å². The van der Waals surface area contributed by atoms with Crippen molar-refractivity contribution in [2.24, 2.45) is 0 Å². The summed E-state index contributed by atoms with van der Waals surface area (Å²) < 4.78 is 7.41. The summed E-state index contributed by atoms with van der Waals surface area (Å²) in [6.45, 7) is 3.66. The van der Waals surface area contributed by atoms with Crippen molar-refractivity contribution in [2.75, 3.05) is 7.05 Å². The van der Waals surface area contributed by atoms with E-state index in [1.54, 1.807) is 48.1 Å². The van der Waals surface area contributed by atoms with Crippen LogP contribution in [-0.4, -0.2) is 38.7 Å². The lowest BCUT2D eigenvalue weighted by atomic mass is 10.1. The molecule has 0 aliphatic carbocycles. The highest BCUT2D eigenvalue weighted by atomic mass is 35.5. The number of benzene rings is 2. The molecule has 0 N–H and O–H groups in total. The average molecular weight is 419 g/mol. The van der Waals surface area contributed by atoms with E-state index in [2.05, 4.69) is 10.1 Å². The number of carbonyl (C=O) groups excluding carboxylic acids is 1. The van der Waals surface area contributed by atoms with Crippen LogP contribution < -0.4 is 4.74 Å². The minimum atomic E-state index is -0.694. The minimum Gasteiger partial charge on any atom is -0.479 e. The fourth-order valence-corrected chi connectivity index (χ4v) is 3.21. The van der Waals surface area contributed by atoms with Crippen molar-refractivity contribution < 1.29 is 9.53 Å². The summed E-state index contributed by atoms with van der Waals surface area (Å²) in [4.78, 5) is 18.4. The summed E-state index contributed by atoms with van der Waals surface area (Å²) >= 11 is 12.0. The van der Waals surface area contributed by atoms with Crippen molar-refractivity contribution in [2.45, 2.75) is 26.0 Å². The topological polar surface area (TPSA) is 60.2 Å². The summed E-state index contributed by atoms with van der Waals surface area (Å²) in [6.07, 6.45) is 2.42. The Morgan fingerprint density at radius 2 is 1.86 bits per heavy atom. The molecule has 6 nitrogen and oxygen atoms in total. The first-order chi connectivity index (χ1) is 13.4. The number of halogens is 2. The van der Waals surface area contributed by atoms with E-state index >= 15 is 0 Å². The molecule has 0 radical (unpaired) electrons. The van der Waals surface area contributed by atoms with Gasteiger partial charge in [0.05, 0.1) is 16.8 Å². The molecule has 0 unspecified atom stereocenters. The Hall–Kier alpha value is -2.57. The fraction of sp³-hybridized carbons (Fsp3) is 0.250. The molecule has 0 spiro atoms. The zero-order valence-electron chi connectivity index (χ0n) is 15.7. The van der Waals surface area contributed by atoms with Crippen LogP contribution in [0.3, 0.4) is 0 Å². The first-order valence-corrected chi connectivity index (χ1v) is 9.45. The van der Waals surface area contributed by atoms with Gasteiger partial charge in [-0.2, -0.15) is 5.10 Å². The predicted octanol–water partition coefficient (Wildman–Crippen LogP) is 4.56. The van der Waals surface area contributed by atoms with Crippen LogP contribution in [0, 0.1) is 0 Å². The number of carbonyl (C=O) groups is 1. The van der Waals surface area contributed by atoms with Crippen LogP contribution in [0.4, 0.5) is 0 Å². The van der Waals surface area contributed by atoms with Gasteiger partial charge in [-0.3, -0.25) is 4.79 Å². The second kappa shape index (κ2) is 8.63. The van der Waals surface area contributed by atoms with E-state index in [9.17, 15) is 4.79 Å². The van der Waals surface area contributed by atoms with Crippen molar-refractivity contribution in [3.63, 3.8) is 0 Å². The third-order valence-corrected chi connectivity index (χ3v) is 5.06. The maximum absolute atomic E-state index is 12.8. The highest BCUT2D eigenvalue weighted by Gasteiger charge is 2.24. The van der Waals surface area contributed by atoms with Gasteiger partial charge in [-0.25, -0.2) is 9.67 Å². The van der Waals surface area contributed by atoms with E-state index in [1.165, 1.54) is 6.33 Å². The molecule has 0 saturated carbocycles. The van der Waals surface area contributed by atoms with E-state index in [0.717, 1.165) is 11.3 Å². The number of hydrogen-bond acceptors (Lipinski definition) is 4. The highest BCUT2D eigenvalue weighted by Crippen LogP contribution is 2.29. The predicted molar refractivity (Wildman–Crippen MR) is 109 cm³/mol. The number of amides is 1. The number of likely N-dealkylation sites (N-methyl/N-ethyl adjacent to an activating group) is 1. The van der Waals surface area contributed by atoms with E-state index in [4.69, 9.17) is 27.9 Å². The van der Waals surface area contributed by atoms with Gasteiger partial charge in [0.15, 0.2) is 6.10 Å². The zero-order chi connectivity index (χ0) is 20.3. The Morgan fingerprint density at radius 1 is 1.14 bits per heavy atom. The van der Waals surface area contributed by atoms with E-state index in [0.29, 0.717) is 15.8 Å². The molecule has 0 bridgehead atoms. The average Bonchev–Trinajstić information content (AvgIpc) is 3.23. The van der Waals surface area contributed by atoms with Crippen molar-refractivity contribution in [1.82, 2.24) is 19.7 Å². The molecule has 1 aromatic heterocycles. The molecule has 8 heteroatoms. The van der Waals surface area contributed by atoms with Crippen molar-refractivity contribution in [1.29, 1.82) is 0 Å². The molecular formula is C20H20Cl2N4O2. The van der Waals surface area contributed by atoms with Crippen LogP contribution in [0.25, 0.3) is 5.69 Å². The Bertz CT molecular complexity index is 945. The Morgan fingerprint density at radius 3 is 2.46 bits per heavy atom. The lowest BCUT2D eigenvalue weighted by molar-refractivity contribution is -0.138.